The number of para-hydroxylation sites is 3. The third kappa shape index (κ3) is 16.0. The Morgan fingerprint density at radius 2 is 0.926 bits per heavy atom. The van der Waals surface area contributed by atoms with Crippen molar-refractivity contribution < 1.29 is 66.5 Å². The summed E-state index contributed by atoms with van der Waals surface area (Å²) >= 11 is 19.1. The maximum absolute atomic E-state index is 13.5. The lowest BCUT2D eigenvalue weighted by Crippen LogP contribution is -2.57. The molecule has 1 unspecified atom stereocenters. The summed E-state index contributed by atoms with van der Waals surface area (Å²) in [5.74, 6) is 2.91. The number of rotatable bonds is 23. The van der Waals surface area contributed by atoms with Crippen molar-refractivity contribution in [3.8, 4) is 68.3 Å². The highest BCUT2D eigenvalue weighted by molar-refractivity contribution is 6.33. The van der Waals surface area contributed by atoms with E-state index in [1.165, 1.54) is 0 Å². The van der Waals surface area contributed by atoms with Gasteiger partial charge in [-0.15, -0.1) is 0 Å². The van der Waals surface area contributed by atoms with Gasteiger partial charge in [0.2, 0.25) is 0 Å². The molecule has 26 nitrogen and oxygen atoms in total. The van der Waals surface area contributed by atoms with Crippen molar-refractivity contribution in [3.05, 3.63) is 159 Å². The number of pyridine rings is 3. The molecule has 6 aromatic heterocycles. The second-order valence-electron chi connectivity index (χ2n) is 27.7. The number of ether oxygens (including phenoxy) is 11. The Balaban J connectivity index is 0.000000136. The quantitative estimate of drug-likeness (QED) is 0.0287. The van der Waals surface area contributed by atoms with Gasteiger partial charge in [-0.25, -0.2) is 0 Å². The molecule has 7 aliphatic rings. The van der Waals surface area contributed by atoms with Crippen LogP contribution in [0.5, 0.6) is 34.5 Å². The molecule has 2 saturated heterocycles. The standard InChI is InChI=1S/2C27H29ClN4O5.C25H29ClN4O4/c2*1-34-25-18(28)4-2-5-19(25)30-24-22-20(12-27(7-3-8-27)32-26(22)33)31-23(24)17-6-9-29-13-21(17)37-15-16-14-35-10-11-36-16;1-14-12-19-21(25(31)28-14)23(29-18-7-5-6-17(26)24(18)33-4)22(30-19)16-8-10-27-13-20(16)34-11-9-15(2)32-3/h2*2,4-6,9,13,16,30-31H,3,7-8,10-12,14-15H2,1H3,(H,32,33);5-8,10,13-15,29-30H,9,11-12H2,1-4H3,(H,28,31)/t16-;;14-,15-/m0.1/s1. The molecule has 3 amide bonds. The number of hydrogen-bond acceptors (Lipinski definition) is 20. The van der Waals surface area contributed by atoms with Crippen LogP contribution in [0.1, 0.15) is 107 Å². The molecule has 9 N–H and O–H groups in total. The summed E-state index contributed by atoms with van der Waals surface area (Å²) in [6.07, 6.45) is 18.9. The SMILES string of the molecule is COc1c(Cl)cccc1Nc1c(-c2ccncc2OCC2COCCO2)[nH]c2c1C(=O)NC1(CCC1)C2.COc1c(Cl)cccc1Nc1c(-c2ccncc2OCC[C@@H](C)OC)[nH]c2c1C(=O)N[C@H](C)C2.COc1c(Cl)cccc1Nc1c(-c2ccncc2OC[C@@H]2COCCO2)[nH]c2c1C(=O)NC1(CCC1)C2. The summed E-state index contributed by atoms with van der Waals surface area (Å²) < 4.78 is 62.9. The van der Waals surface area contributed by atoms with Crippen molar-refractivity contribution in [2.75, 3.05) is 104 Å². The number of carbonyl (C=O) groups is 3. The van der Waals surface area contributed by atoms with E-state index in [0.29, 0.717) is 166 Å². The fourth-order valence-electron chi connectivity index (χ4n) is 14.7. The zero-order chi connectivity index (χ0) is 75.1. The Morgan fingerprint density at radius 3 is 1.30 bits per heavy atom. The first-order chi connectivity index (χ1) is 52.6. The molecule has 108 heavy (non-hydrogen) atoms. The van der Waals surface area contributed by atoms with Gasteiger partial charge in [0, 0.05) is 102 Å². The average Bonchev–Trinajstić information content (AvgIpc) is 1.60. The highest BCUT2D eigenvalue weighted by Gasteiger charge is 2.47. The van der Waals surface area contributed by atoms with Gasteiger partial charge in [0.1, 0.15) is 42.7 Å². The second kappa shape index (κ2) is 33.4. The molecular weight excluding hydrogens is 1450 g/mol. The van der Waals surface area contributed by atoms with Crippen LogP contribution in [0.25, 0.3) is 33.8 Å². The van der Waals surface area contributed by atoms with Gasteiger partial charge in [0.05, 0.1) is 175 Å². The maximum Gasteiger partial charge on any atom is 0.255 e. The van der Waals surface area contributed by atoms with E-state index in [-0.39, 0.29) is 53.2 Å². The summed E-state index contributed by atoms with van der Waals surface area (Å²) in [6, 6.07) is 22.0. The second-order valence-corrected chi connectivity index (χ2v) is 28.9. The first-order valence-electron chi connectivity index (χ1n) is 36.2. The fourth-order valence-corrected chi connectivity index (χ4v) is 15.4. The monoisotopic (exact) mass is 1530 g/mol. The van der Waals surface area contributed by atoms with Crippen molar-refractivity contribution in [1.29, 1.82) is 0 Å². The largest absolute Gasteiger partial charge is 0.493 e. The van der Waals surface area contributed by atoms with Crippen LogP contribution in [-0.4, -0.2) is 171 Å². The summed E-state index contributed by atoms with van der Waals surface area (Å²) in [6.45, 7) is 8.33. The van der Waals surface area contributed by atoms with Crippen LogP contribution >= 0.6 is 34.8 Å². The lowest BCUT2D eigenvalue weighted by molar-refractivity contribution is -0.101. The number of aromatic amines is 3. The van der Waals surface area contributed by atoms with E-state index in [4.69, 9.17) is 86.9 Å². The number of benzene rings is 3. The number of anilines is 6. The van der Waals surface area contributed by atoms with E-state index in [1.807, 2.05) is 68.4 Å². The molecule has 0 bridgehead atoms. The predicted octanol–water partition coefficient (Wildman–Crippen LogP) is 13.9. The molecule has 2 spiro atoms. The van der Waals surface area contributed by atoms with Gasteiger partial charge in [-0.05, 0) is 107 Å². The van der Waals surface area contributed by atoms with Gasteiger partial charge in [0.15, 0.2) is 17.2 Å². The van der Waals surface area contributed by atoms with Crippen molar-refractivity contribution in [2.24, 2.45) is 0 Å². The Hall–Kier alpha value is -9.77. The van der Waals surface area contributed by atoms with Crippen LogP contribution in [0.15, 0.2) is 110 Å². The van der Waals surface area contributed by atoms with Gasteiger partial charge in [-0.2, -0.15) is 0 Å². The van der Waals surface area contributed by atoms with Crippen molar-refractivity contribution >= 4 is 86.6 Å². The first kappa shape index (κ1) is 75.1. The Kier molecular flexibility index (Phi) is 23.2. The van der Waals surface area contributed by atoms with Gasteiger partial charge < -0.3 is 99.0 Å². The summed E-state index contributed by atoms with van der Waals surface area (Å²) in [4.78, 5) is 63.4. The minimum atomic E-state index is -0.173. The predicted molar refractivity (Wildman–Crippen MR) is 411 cm³/mol. The molecule has 29 heteroatoms. The molecule has 5 aliphatic heterocycles. The minimum Gasteiger partial charge on any atom is -0.493 e. The van der Waals surface area contributed by atoms with E-state index < -0.39 is 0 Å². The summed E-state index contributed by atoms with van der Waals surface area (Å²) in [5.41, 5.74) is 12.4. The number of aromatic nitrogens is 6. The number of nitrogens with one attached hydrogen (secondary N) is 9. The molecule has 4 fully saturated rings. The van der Waals surface area contributed by atoms with Crippen LogP contribution in [-0.2, 0) is 42.9 Å². The van der Waals surface area contributed by atoms with E-state index in [1.54, 1.807) is 83.8 Å². The molecule has 9 aromatic rings. The summed E-state index contributed by atoms with van der Waals surface area (Å²) in [5, 5.41) is 21.3. The van der Waals surface area contributed by atoms with Crippen LogP contribution < -0.4 is 60.3 Å². The molecule has 0 radical (unpaired) electrons. The van der Waals surface area contributed by atoms with Crippen LogP contribution in [0.2, 0.25) is 15.1 Å². The highest BCUT2D eigenvalue weighted by Crippen LogP contribution is 2.50. The number of hydrogen-bond donors (Lipinski definition) is 9. The Morgan fingerprint density at radius 1 is 0.528 bits per heavy atom. The van der Waals surface area contributed by atoms with E-state index in [9.17, 15) is 14.4 Å². The highest BCUT2D eigenvalue weighted by atomic mass is 35.5. The van der Waals surface area contributed by atoms with Crippen molar-refractivity contribution in [1.82, 2.24) is 45.9 Å². The van der Waals surface area contributed by atoms with E-state index in [0.717, 1.165) is 109 Å². The number of nitrogens with zero attached hydrogens (tertiary/aromatic N) is 3. The molecule has 568 valence electrons. The van der Waals surface area contributed by atoms with Crippen molar-refractivity contribution in [3.63, 3.8) is 0 Å². The lowest BCUT2D eigenvalue weighted by atomic mass is 9.71. The molecule has 2 aliphatic carbocycles. The van der Waals surface area contributed by atoms with Gasteiger partial charge in [-0.1, -0.05) is 53.0 Å². The normalized spacial score (nSPS) is 18.8. The molecule has 4 atom stereocenters. The van der Waals surface area contributed by atoms with E-state index in [2.05, 4.69) is 61.8 Å². The molecule has 2 saturated carbocycles. The first-order valence-corrected chi connectivity index (χ1v) is 37.3. The van der Waals surface area contributed by atoms with Gasteiger partial charge in [0.25, 0.3) is 17.7 Å². The smallest absolute Gasteiger partial charge is 0.255 e. The third-order valence-corrected chi connectivity index (χ3v) is 21.4. The number of fused-ring (bicyclic) bond motifs is 3. The van der Waals surface area contributed by atoms with E-state index >= 15 is 0 Å². The van der Waals surface area contributed by atoms with Crippen LogP contribution in [0.3, 0.4) is 0 Å². The molecule has 3 aromatic carbocycles. The lowest BCUT2D eigenvalue weighted by Gasteiger charge is -2.45. The van der Waals surface area contributed by atoms with Crippen LogP contribution in [0.4, 0.5) is 34.1 Å². The minimum absolute atomic E-state index is 0.0174. The average molecular weight is 1530 g/mol. The Labute approximate surface area is 639 Å². The maximum atomic E-state index is 13.5. The van der Waals surface area contributed by atoms with Gasteiger partial charge >= 0.3 is 0 Å². The zero-order valence-corrected chi connectivity index (χ0v) is 63.1. The molecular formula is C79H87Cl3N12O14. The summed E-state index contributed by atoms with van der Waals surface area (Å²) in [7, 11) is 6.37. The number of carbonyl (C=O) groups excluding carboxylic acids is 3. The van der Waals surface area contributed by atoms with Gasteiger partial charge in [-0.3, -0.25) is 29.3 Å². The number of H-pyrrole nitrogens is 3. The number of methoxy groups -OCH3 is 4. The van der Waals surface area contributed by atoms with Crippen LogP contribution in [0, 0.1) is 0 Å². The number of amides is 3. The molecule has 11 heterocycles. The zero-order valence-electron chi connectivity index (χ0n) is 60.8. The topological polar surface area (TPSA) is 311 Å². The third-order valence-electron chi connectivity index (χ3n) is 20.5. The molecule has 16 rings (SSSR count). The number of halogens is 3. The fraction of sp³-hybridized carbons (Fsp3) is 0.392. The Bertz CT molecular complexity index is 4540. The van der Waals surface area contributed by atoms with Crippen molar-refractivity contribution in [2.45, 2.75) is 113 Å².